The molecule has 0 aliphatic carbocycles. The minimum Gasteiger partial charge on any atom is -0.462 e. The fraction of sp³-hybridized carbons (Fsp3) is 0.250. The van der Waals surface area contributed by atoms with Gasteiger partial charge in [-0.15, -0.1) is 0 Å². The number of aromatic amines is 1. The van der Waals surface area contributed by atoms with Gasteiger partial charge >= 0.3 is 11.9 Å². The summed E-state index contributed by atoms with van der Waals surface area (Å²) >= 11 is 0. The first-order valence-electron chi connectivity index (χ1n) is 8.17. The molecule has 0 bridgehead atoms. The number of rotatable bonds is 6. The molecule has 0 aliphatic heterocycles. The molecular weight excluding hydrogens is 332 g/mol. The number of benzene rings is 1. The van der Waals surface area contributed by atoms with Crippen LogP contribution in [-0.4, -0.2) is 23.5 Å². The van der Waals surface area contributed by atoms with Crippen LogP contribution in [0.2, 0.25) is 0 Å². The molecule has 0 fully saturated rings. The summed E-state index contributed by atoms with van der Waals surface area (Å²) in [6.07, 6.45) is 1.38. The van der Waals surface area contributed by atoms with Crippen molar-refractivity contribution in [1.82, 2.24) is 4.98 Å². The monoisotopic (exact) mass is 352 g/mol. The van der Waals surface area contributed by atoms with Gasteiger partial charge < -0.3 is 14.5 Å². The van der Waals surface area contributed by atoms with Crippen LogP contribution < -0.4 is 0 Å². The number of carbonyl (C=O) groups is 2. The first kappa shape index (κ1) is 19.0. The number of esters is 2. The molecule has 0 aliphatic rings. The lowest BCUT2D eigenvalue weighted by atomic mass is 10.1. The summed E-state index contributed by atoms with van der Waals surface area (Å²) in [7, 11) is 0. The molecule has 0 atom stereocenters. The Labute approximate surface area is 152 Å². The molecule has 2 rings (SSSR count). The molecule has 26 heavy (non-hydrogen) atoms. The Morgan fingerprint density at radius 3 is 2.46 bits per heavy atom. The summed E-state index contributed by atoms with van der Waals surface area (Å²) in [6, 6.07) is 11.2. The first-order chi connectivity index (χ1) is 12.5. The van der Waals surface area contributed by atoms with Crippen molar-refractivity contribution in [3.63, 3.8) is 0 Å². The van der Waals surface area contributed by atoms with E-state index < -0.39 is 11.9 Å². The number of ether oxygens (including phenoxy) is 2. The molecule has 6 nitrogen and oxygen atoms in total. The minimum absolute atomic E-state index is 0.139. The number of nitrogens with zero attached hydrogens (tertiary/aromatic N) is 1. The average molecular weight is 352 g/mol. The lowest BCUT2D eigenvalue weighted by molar-refractivity contribution is -0.137. The highest BCUT2D eigenvalue weighted by Gasteiger charge is 2.19. The summed E-state index contributed by atoms with van der Waals surface area (Å²) in [5, 5.41) is 9.15. The summed E-state index contributed by atoms with van der Waals surface area (Å²) in [6.45, 7) is 5.58. The van der Waals surface area contributed by atoms with E-state index in [-0.39, 0.29) is 18.8 Å². The van der Waals surface area contributed by atoms with Gasteiger partial charge in [-0.3, -0.25) is 0 Å². The third-order valence-corrected chi connectivity index (χ3v) is 3.92. The van der Waals surface area contributed by atoms with Gasteiger partial charge in [0, 0.05) is 5.69 Å². The van der Waals surface area contributed by atoms with Gasteiger partial charge in [-0.05, 0) is 43.5 Å². The van der Waals surface area contributed by atoms with Gasteiger partial charge in [-0.25, -0.2) is 9.59 Å². The zero-order valence-electron chi connectivity index (χ0n) is 15.0. The lowest BCUT2D eigenvalue weighted by Gasteiger charge is -2.04. The summed E-state index contributed by atoms with van der Waals surface area (Å²) in [4.78, 5) is 27.1. The Kier molecular flexibility index (Phi) is 6.34. The van der Waals surface area contributed by atoms with Crippen molar-refractivity contribution in [2.75, 3.05) is 6.61 Å². The van der Waals surface area contributed by atoms with Crippen molar-refractivity contribution in [2.24, 2.45) is 0 Å². The summed E-state index contributed by atoms with van der Waals surface area (Å²) in [5.74, 6) is -1.20. The van der Waals surface area contributed by atoms with E-state index in [0.29, 0.717) is 17.0 Å². The molecular formula is C20H20N2O4. The zero-order chi connectivity index (χ0) is 19.1. The number of hydrogen-bond acceptors (Lipinski definition) is 5. The predicted molar refractivity (Wildman–Crippen MR) is 96.1 cm³/mol. The topological polar surface area (TPSA) is 92.2 Å². The second kappa shape index (κ2) is 8.67. The highest BCUT2D eigenvalue weighted by Crippen LogP contribution is 2.21. The molecule has 2 aromatic rings. The number of aromatic nitrogens is 1. The number of hydrogen-bond donors (Lipinski definition) is 1. The summed E-state index contributed by atoms with van der Waals surface area (Å²) in [5.41, 5.74) is 3.00. The molecule has 0 unspecified atom stereocenters. The maximum Gasteiger partial charge on any atom is 0.355 e. The second-order valence-corrected chi connectivity index (χ2v) is 5.62. The number of carbonyl (C=O) groups excluding carboxylic acids is 2. The van der Waals surface area contributed by atoms with Crippen LogP contribution in [-0.2, 0) is 20.9 Å². The Morgan fingerprint density at radius 2 is 1.85 bits per heavy atom. The molecule has 6 heteroatoms. The molecule has 0 radical (unpaired) electrons. The average Bonchev–Trinajstić information content (AvgIpc) is 2.93. The molecule has 0 saturated heterocycles. The van der Waals surface area contributed by atoms with Gasteiger partial charge in [0.1, 0.15) is 23.9 Å². The molecule has 0 saturated carbocycles. The fourth-order valence-corrected chi connectivity index (χ4v) is 2.35. The number of nitrogens with one attached hydrogen (secondary N) is 1. The van der Waals surface area contributed by atoms with E-state index in [9.17, 15) is 9.59 Å². The lowest BCUT2D eigenvalue weighted by Crippen LogP contribution is -2.07. The highest BCUT2D eigenvalue weighted by molar-refractivity contribution is 5.98. The van der Waals surface area contributed by atoms with Gasteiger partial charge in [0.15, 0.2) is 0 Å². The maximum absolute atomic E-state index is 12.4. The standard InChI is InChI=1S/C20H20N2O4/c1-4-25-19(23)16(11-21)10-17-13(2)14(3)18(22-17)20(24)26-12-15-8-6-5-7-9-15/h5-10,22H,4,12H2,1-3H3/b16-10+. The van der Waals surface area contributed by atoms with Crippen LogP contribution in [0.1, 0.15) is 39.8 Å². The van der Waals surface area contributed by atoms with E-state index in [0.717, 1.165) is 11.1 Å². The van der Waals surface area contributed by atoms with E-state index in [1.165, 1.54) is 6.08 Å². The van der Waals surface area contributed by atoms with Crippen molar-refractivity contribution in [3.05, 3.63) is 64.0 Å². The van der Waals surface area contributed by atoms with Crippen molar-refractivity contribution in [3.8, 4) is 6.07 Å². The SMILES string of the molecule is CCOC(=O)/C(C#N)=C/c1[nH]c(C(=O)OCc2ccccc2)c(C)c1C. The van der Waals surface area contributed by atoms with Gasteiger partial charge in [0.25, 0.3) is 0 Å². The Hall–Kier alpha value is -3.33. The van der Waals surface area contributed by atoms with Gasteiger partial charge in [0.05, 0.1) is 6.61 Å². The molecule has 1 aromatic carbocycles. The maximum atomic E-state index is 12.4. The normalized spacial score (nSPS) is 10.9. The van der Waals surface area contributed by atoms with E-state index in [1.807, 2.05) is 36.4 Å². The molecule has 134 valence electrons. The van der Waals surface area contributed by atoms with Crippen molar-refractivity contribution < 1.29 is 19.1 Å². The van der Waals surface area contributed by atoms with Crippen LogP contribution in [0.5, 0.6) is 0 Å². The van der Waals surface area contributed by atoms with Gasteiger partial charge in [-0.1, -0.05) is 30.3 Å². The predicted octanol–water partition coefficient (Wildman–Crippen LogP) is 3.46. The fourth-order valence-electron chi connectivity index (χ4n) is 2.35. The van der Waals surface area contributed by atoms with E-state index >= 15 is 0 Å². The Bertz CT molecular complexity index is 873. The number of nitriles is 1. The molecule has 0 amide bonds. The van der Waals surface area contributed by atoms with Crippen LogP contribution >= 0.6 is 0 Å². The third kappa shape index (κ3) is 4.39. The Morgan fingerprint density at radius 1 is 1.15 bits per heavy atom. The number of H-pyrrole nitrogens is 1. The van der Waals surface area contributed by atoms with Crippen LogP contribution in [0, 0.1) is 25.2 Å². The first-order valence-corrected chi connectivity index (χ1v) is 8.17. The van der Waals surface area contributed by atoms with Crippen LogP contribution in [0.15, 0.2) is 35.9 Å². The molecule has 0 spiro atoms. The zero-order valence-corrected chi connectivity index (χ0v) is 15.0. The Balaban J connectivity index is 2.21. The van der Waals surface area contributed by atoms with E-state index in [2.05, 4.69) is 4.98 Å². The largest absolute Gasteiger partial charge is 0.462 e. The van der Waals surface area contributed by atoms with Crippen molar-refractivity contribution in [2.45, 2.75) is 27.4 Å². The second-order valence-electron chi connectivity index (χ2n) is 5.62. The van der Waals surface area contributed by atoms with Gasteiger partial charge in [0.2, 0.25) is 0 Å². The highest BCUT2D eigenvalue weighted by atomic mass is 16.5. The van der Waals surface area contributed by atoms with E-state index in [4.69, 9.17) is 14.7 Å². The van der Waals surface area contributed by atoms with Crippen LogP contribution in [0.3, 0.4) is 0 Å². The minimum atomic E-state index is -0.699. The van der Waals surface area contributed by atoms with Gasteiger partial charge in [-0.2, -0.15) is 5.26 Å². The molecule has 1 heterocycles. The quantitative estimate of drug-likeness (QED) is 0.488. The van der Waals surface area contributed by atoms with E-state index in [1.54, 1.807) is 20.8 Å². The molecule has 1 N–H and O–H groups in total. The van der Waals surface area contributed by atoms with Crippen LogP contribution in [0.4, 0.5) is 0 Å². The summed E-state index contributed by atoms with van der Waals surface area (Å²) < 4.78 is 10.2. The smallest absolute Gasteiger partial charge is 0.355 e. The third-order valence-electron chi connectivity index (χ3n) is 3.92. The van der Waals surface area contributed by atoms with Crippen molar-refractivity contribution >= 4 is 18.0 Å². The molecule has 1 aromatic heterocycles. The van der Waals surface area contributed by atoms with Crippen LogP contribution in [0.25, 0.3) is 6.08 Å². The van der Waals surface area contributed by atoms with Crippen molar-refractivity contribution in [1.29, 1.82) is 5.26 Å².